The third-order valence-electron chi connectivity index (χ3n) is 3.73. The number of nitrogens with two attached hydrogens (primary N) is 1. The molecule has 1 amide bonds. The molecular weight excluding hydrogens is 318 g/mol. The van der Waals surface area contributed by atoms with Crippen molar-refractivity contribution in [2.75, 3.05) is 18.0 Å². The average Bonchev–Trinajstić information content (AvgIpc) is 3.21. The molecular formula is C18H25N5O2. The number of hydrogen-bond donors (Lipinski definition) is 1. The van der Waals surface area contributed by atoms with Gasteiger partial charge >= 0.3 is 6.09 Å². The van der Waals surface area contributed by atoms with Gasteiger partial charge in [-0.05, 0) is 25.1 Å². The van der Waals surface area contributed by atoms with E-state index in [1.54, 1.807) is 4.90 Å². The lowest BCUT2D eigenvalue weighted by Crippen LogP contribution is -2.27. The zero-order valence-corrected chi connectivity index (χ0v) is 15.1. The molecule has 7 heteroatoms. The summed E-state index contributed by atoms with van der Waals surface area (Å²) in [5, 5.41) is 10.9. The number of amides is 1. The van der Waals surface area contributed by atoms with E-state index in [4.69, 9.17) is 15.7 Å². The predicted octanol–water partition coefficient (Wildman–Crippen LogP) is 2.85. The topological polar surface area (TPSA) is 97.2 Å². The number of carbonyl (C=O) groups excluding carboxylic acids is 1. The Kier molecular flexibility index (Phi) is 7.63. The zero-order chi connectivity index (χ0) is 19.0. The number of nitriles is 1. The van der Waals surface area contributed by atoms with Crippen molar-refractivity contribution in [2.24, 2.45) is 12.8 Å². The van der Waals surface area contributed by atoms with Gasteiger partial charge in [0.2, 0.25) is 0 Å². The standard InChI is InChI=1S/C15H18N4O2.C2H6.CHN/c1-10-7-14(17-18(10)2)11-3-5-12(6-4-11)19-9-13(8-16)21-15(19)20;2*1-2/h3-7,13H,8-9,16H2,1-2H3;1-2H3;1H. The van der Waals surface area contributed by atoms with Gasteiger partial charge in [-0.15, -0.1) is 0 Å². The number of carbonyl (C=O) groups is 1. The van der Waals surface area contributed by atoms with E-state index in [1.807, 2.05) is 62.8 Å². The summed E-state index contributed by atoms with van der Waals surface area (Å²) < 4.78 is 7.00. The zero-order valence-electron chi connectivity index (χ0n) is 15.1. The van der Waals surface area contributed by atoms with Crippen molar-refractivity contribution in [3.8, 4) is 17.8 Å². The number of rotatable bonds is 3. The van der Waals surface area contributed by atoms with Crippen LogP contribution >= 0.6 is 0 Å². The second-order valence-electron chi connectivity index (χ2n) is 5.19. The summed E-state index contributed by atoms with van der Waals surface area (Å²) in [5.74, 6) is 0. The van der Waals surface area contributed by atoms with Crippen molar-refractivity contribution >= 4 is 11.8 Å². The third-order valence-corrected chi connectivity index (χ3v) is 3.73. The SMILES string of the molecule is C#N.CC.Cc1cc(-c2ccc(N3CC(CN)OC3=O)cc2)nn1C. The lowest BCUT2D eigenvalue weighted by molar-refractivity contribution is 0.145. The van der Waals surface area contributed by atoms with E-state index in [0.29, 0.717) is 13.1 Å². The molecule has 1 aliphatic rings. The van der Waals surface area contributed by atoms with Crippen LogP contribution < -0.4 is 10.6 Å². The van der Waals surface area contributed by atoms with Crippen LogP contribution in [0, 0.1) is 18.8 Å². The number of ether oxygens (including phenoxy) is 1. The van der Waals surface area contributed by atoms with Gasteiger partial charge in [-0.2, -0.15) is 5.10 Å². The first kappa shape index (κ1) is 20.2. The molecule has 1 saturated heterocycles. The molecule has 0 bridgehead atoms. The number of anilines is 1. The minimum atomic E-state index is -0.341. The molecule has 1 atom stereocenters. The second kappa shape index (κ2) is 9.45. The number of aryl methyl sites for hydroxylation is 2. The molecule has 2 aromatic rings. The van der Waals surface area contributed by atoms with Crippen molar-refractivity contribution in [3.63, 3.8) is 0 Å². The van der Waals surface area contributed by atoms with Crippen molar-refractivity contribution in [1.82, 2.24) is 9.78 Å². The van der Waals surface area contributed by atoms with Gasteiger partial charge in [-0.25, -0.2) is 10.1 Å². The van der Waals surface area contributed by atoms with Crippen LogP contribution in [0.25, 0.3) is 11.3 Å². The largest absolute Gasteiger partial charge is 0.443 e. The Hall–Kier alpha value is -2.85. The van der Waals surface area contributed by atoms with Crippen LogP contribution in [0.2, 0.25) is 0 Å². The Bertz CT molecular complexity index is 687. The van der Waals surface area contributed by atoms with E-state index < -0.39 is 0 Å². The summed E-state index contributed by atoms with van der Waals surface area (Å²) >= 11 is 0. The van der Waals surface area contributed by atoms with E-state index in [0.717, 1.165) is 22.6 Å². The van der Waals surface area contributed by atoms with E-state index >= 15 is 0 Å². The summed E-state index contributed by atoms with van der Waals surface area (Å²) in [6.07, 6.45) is -0.567. The maximum absolute atomic E-state index is 11.8. The van der Waals surface area contributed by atoms with Crippen molar-refractivity contribution < 1.29 is 9.53 Å². The summed E-state index contributed by atoms with van der Waals surface area (Å²) in [6, 6.07) is 9.75. The molecule has 7 nitrogen and oxygen atoms in total. The second-order valence-corrected chi connectivity index (χ2v) is 5.19. The number of benzene rings is 1. The van der Waals surface area contributed by atoms with Gasteiger partial charge in [0.25, 0.3) is 0 Å². The van der Waals surface area contributed by atoms with Gasteiger partial charge in [0.1, 0.15) is 6.10 Å². The average molecular weight is 343 g/mol. The molecule has 1 aromatic heterocycles. The van der Waals surface area contributed by atoms with Gasteiger partial charge in [-0.3, -0.25) is 9.58 Å². The summed E-state index contributed by atoms with van der Waals surface area (Å²) in [6.45, 7) is 10.4. The molecule has 134 valence electrons. The minimum absolute atomic E-state index is 0.226. The fourth-order valence-corrected chi connectivity index (χ4v) is 2.37. The van der Waals surface area contributed by atoms with Crippen LogP contribution in [-0.2, 0) is 11.8 Å². The van der Waals surface area contributed by atoms with Crippen LogP contribution in [0.1, 0.15) is 19.5 Å². The van der Waals surface area contributed by atoms with Gasteiger partial charge in [0.05, 0.1) is 12.2 Å². The molecule has 2 heterocycles. The smallest absolute Gasteiger partial charge is 0.414 e. The first-order chi connectivity index (χ1) is 12.1. The molecule has 1 unspecified atom stereocenters. The quantitative estimate of drug-likeness (QED) is 0.924. The highest BCUT2D eigenvalue weighted by Crippen LogP contribution is 2.25. The molecule has 25 heavy (non-hydrogen) atoms. The third kappa shape index (κ3) is 4.58. The summed E-state index contributed by atoms with van der Waals surface area (Å²) in [4.78, 5) is 13.4. The lowest BCUT2D eigenvalue weighted by Gasteiger charge is -2.13. The Morgan fingerprint density at radius 3 is 2.36 bits per heavy atom. The highest BCUT2D eigenvalue weighted by atomic mass is 16.6. The molecule has 1 fully saturated rings. The predicted molar refractivity (Wildman–Crippen MR) is 98.1 cm³/mol. The van der Waals surface area contributed by atoms with Gasteiger partial charge in [0, 0.05) is 37.1 Å². The minimum Gasteiger partial charge on any atom is -0.443 e. The molecule has 0 saturated carbocycles. The molecule has 0 aliphatic carbocycles. The first-order valence-electron chi connectivity index (χ1n) is 8.13. The van der Waals surface area contributed by atoms with Crippen molar-refractivity contribution in [3.05, 3.63) is 36.0 Å². The Morgan fingerprint density at radius 2 is 1.92 bits per heavy atom. The summed E-state index contributed by atoms with van der Waals surface area (Å²) in [7, 11) is 1.92. The van der Waals surface area contributed by atoms with Crippen molar-refractivity contribution in [1.29, 1.82) is 5.26 Å². The van der Waals surface area contributed by atoms with E-state index in [2.05, 4.69) is 11.7 Å². The van der Waals surface area contributed by atoms with Gasteiger partial charge in [0.15, 0.2) is 0 Å². The van der Waals surface area contributed by atoms with Gasteiger partial charge in [-0.1, -0.05) is 26.0 Å². The normalized spacial score (nSPS) is 15.6. The maximum Gasteiger partial charge on any atom is 0.414 e. The van der Waals surface area contributed by atoms with Crippen LogP contribution in [0.15, 0.2) is 30.3 Å². The van der Waals surface area contributed by atoms with Gasteiger partial charge < -0.3 is 10.5 Å². The Balaban J connectivity index is 0.000000730. The number of nitrogens with zero attached hydrogens (tertiary/aromatic N) is 4. The fourth-order valence-electron chi connectivity index (χ4n) is 2.37. The highest BCUT2D eigenvalue weighted by molar-refractivity contribution is 5.90. The molecule has 1 aromatic carbocycles. The van der Waals surface area contributed by atoms with E-state index in [-0.39, 0.29) is 12.2 Å². The lowest BCUT2D eigenvalue weighted by atomic mass is 10.1. The number of aromatic nitrogens is 2. The molecule has 0 spiro atoms. The van der Waals surface area contributed by atoms with Crippen LogP contribution in [0.3, 0.4) is 0 Å². The molecule has 1 aliphatic heterocycles. The van der Waals surface area contributed by atoms with E-state index in [9.17, 15) is 4.79 Å². The molecule has 3 rings (SSSR count). The van der Waals surface area contributed by atoms with Crippen LogP contribution in [0.4, 0.5) is 10.5 Å². The first-order valence-corrected chi connectivity index (χ1v) is 8.13. The number of hydrogen-bond acceptors (Lipinski definition) is 5. The Morgan fingerprint density at radius 1 is 1.32 bits per heavy atom. The van der Waals surface area contributed by atoms with Crippen LogP contribution in [0.5, 0.6) is 0 Å². The summed E-state index contributed by atoms with van der Waals surface area (Å²) in [5.41, 5.74) is 9.39. The maximum atomic E-state index is 11.8. The fraction of sp³-hybridized carbons (Fsp3) is 0.389. The molecule has 0 radical (unpaired) electrons. The monoisotopic (exact) mass is 343 g/mol. The number of cyclic esters (lactones) is 1. The van der Waals surface area contributed by atoms with E-state index in [1.165, 1.54) is 0 Å². The van der Waals surface area contributed by atoms with Crippen molar-refractivity contribution in [2.45, 2.75) is 26.9 Å². The van der Waals surface area contributed by atoms with Crippen LogP contribution in [-0.4, -0.2) is 35.1 Å². The Labute approximate surface area is 148 Å². The highest BCUT2D eigenvalue weighted by Gasteiger charge is 2.31. The molecule has 2 N–H and O–H groups in total.